The molecule has 22 heavy (non-hydrogen) atoms. The molecule has 1 fully saturated rings. The van der Waals surface area contributed by atoms with Crippen molar-refractivity contribution in [1.82, 2.24) is 9.80 Å². The van der Waals surface area contributed by atoms with Gasteiger partial charge in [0.1, 0.15) is 5.25 Å². The summed E-state index contributed by atoms with van der Waals surface area (Å²) in [5, 5.41) is 20.0. The number of rotatable bonds is 3. The predicted octanol–water partition coefficient (Wildman–Crippen LogP) is 1.09. The molecule has 0 spiro atoms. The highest BCUT2D eigenvalue weighted by atomic mass is 35.5. The van der Waals surface area contributed by atoms with Gasteiger partial charge in [-0.25, -0.2) is 0 Å². The number of hydrogen-bond acceptors (Lipinski definition) is 5. The Labute approximate surface area is 135 Å². The third-order valence-electron chi connectivity index (χ3n) is 4.01. The number of benzene rings is 1. The molecule has 1 aromatic rings. The third kappa shape index (κ3) is 2.12. The monoisotopic (exact) mass is 342 g/mol. The summed E-state index contributed by atoms with van der Waals surface area (Å²) in [4.78, 5) is 14.4. The summed E-state index contributed by atoms with van der Waals surface area (Å²) in [5.41, 5.74) is -1.76. The maximum absolute atomic E-state index is 12.7. The zero-order valence-electron chi connectivity index (χ0n) is 11.7. The molecule has 2 aliphatic heterocycles. The summed E-state index contributed by atoms with van der Waals surface area (Å²) in [6, 6.07) is 6.49. The molecule has 8 heteroatoms. The molecule has 3 rings (SSSR count). The summed E-state index contributed by atoms with van der Waals surface area (Å²) in [6.45, 7) is 0. The van der Waals surface area contributed by atoms with Gasteiger partial charge in [-0.3, -0.25) is 9.00 Å². The van der Waals surface area contributed by atoms with Gasteiger partial charge in [0.05, 0.1) is 17.2 Å². The first-order valence-corrected chi connectivity index (χ1v) is 8.29. The zero-order valence-corrected chi connectivity index (χ0v) is 13.3. The Kier molecular flexibility index (Phi) is 3.66. The number of halogens is 1. The topological polar surface area (TPSA) is 81.1 Å². The van der Waals surface area contributed by atoms with Crippen LogP contribution in [0.4, 0.5) is 0 Å². The van der Waals surface area contributed by atoms with Crippen molar-refractivity contribution in [2.45, 2.75) is 22.9 Å². The van der Waals surface area contributed by atoms with Crippen molar-refractivity contribution < 1.29 is 19.2 Å². The van der Waals surface area contributed by atoms with Crippen LogP contribution in [0, 0.1) is 0 Å². The Morgan fingerprint density at radius 2 is 2.00 bits per heavy atom. The van der Waals surface area contributed by atoms with Crippen LogP contribution in [0.1, 0.15) is 12.0 Å². The standard InChI is InChI=1S/C14H15ClN2O4S/c1-16-6-7-17-13(16)22(21)11(8-12(18)19)14(17,20)9-2-4-10(15)5-3-9/h2-7,11,13,20H,8H2,1H3,(H,18,19). The molecule has 1 aromatic carbocycles. The van der Waals surface area contributed by atoms with E-state index in [2.05, 4.69) is 0 Å². The van der Waals surface area contributed by atoms with Crippen LogP contribution in [0.3, 0.4) is 0 Å². The van der Waals surface area contributed by atoms with Crippen LogP contribution in [-0.4, -0.2) is 48.0 Å². The van der Waals surface area contributed by atoms with Gasteiger partial charge in [0.25, 0.3) is 0 Å². The lowest BCUT2D eigenvalue weighted by Gasteiger charge is -2.35. The highest BCUT2D eigenvalue weighted by molar-refractivity contribution is 7.86. The Morgan fingerprint density at radius 3 is 2.59 bits per heavy atom. The average Bonchev–Trinajstić information content (AvgIpc) is 2.94. The van der Waals surface area contributed by atoms with Gasteiger partial charge in [-0.1, -0.05) is 23.7 Å². The summed E-state index contributed by atoms with van der Waals surface area (Å²) in [5.74, 6) is -1.10. The van der Waals surface area contributed by atoms with E-state index in [1.54, 1.807) is 53.5 Å². The summed E-state index contributed by atoms with van der Waals surface area (Å²) in [7, 11) is 0.174. The second kappa shape index (κ2) is 5.26. The number of aliphatic carboxylic acids is 1. The van der Waals surface area contributed by atoms with Crippen LogP contribution >= 0.6 is 11.6 Å². The smallest absolute Gasteiger partial charge is 0.304 e. The molecule has 0 bridgehead atoms. The van der Waals surface area contributed by atoms with Crippen LogP contribution in [0.5, 0.6) is 0 Å². The van der Waals surface area contributed by atoms with Gasteiger partial charge >= 0.3 is 5.97 Å². The molecule has 2 N–H and O–H groups in total. The predicted molar refractivity (Wildman–Crippen MR) is 82.1 cm³/mol. The van der Waals surface area contributed by atoms with Crippen molar-refractivity contribution in [2.24, 2.45) is 0 Å². The fourth-order valence-electron chi connectivity index (χ4n) is 2.97. The number of aliphatic hydroxyl groups is 1. The van der Waals surface area contributed by atoms with Crippen molar-refractivity contribution in [3.63, 3.8) is 0 Å². The SMILES string of the molecule is CN1C=CN2C1S(=O)C(CC(=O)O)C2(O)c1ccc(Cl)cc1. The molecule has 4 atom stereocenters. The first kappa shape index (κ1) is 15.3. The van der Waals surface area contributed by atoms with Crippen molar-refractivity contribution in [3.8, 4) is 0 Å². The van der Waals surface area contributed by atoms with E-state index in [4.69, 9.17) is 16.7 Å². The molecule has 2 heterocycles. The second-order valence-corrected chi connectivity index (χ2v) is 7.43. The van der Waals surface area contributed by atoms with Crippen molar-refractivity contribution in [1.29, 1.82) is 0 Å². The quantitative estimate of drug-likeness (QED) is 0.856. The van der Waals surface area contributed by atoms with Crippen LogP contribution in [0.25, 0.3) is 0 Å². The summed E-state index contributed by atoms with van der Waals surface area (Å²) < 4.78 is 12.7. The van der Waals surface area contributed by atoms with E-state index >= 15 is 0 Å². The molecule has 1 saturated heterocycles. The number of carboxylic acids is 1. The van der Waals surface area contributed by atoms with Crippen molar-refractivity contribution >= 4 is 28.4 Å². The van der Waals surface area contributed by atoms with Crippen LogP contribution < -0.4 is 0 Å². The average molecular weight is 343 g/mol. The minimum absolute atomic E-state index is 0.388. The molecule has 0 radical (unpaired) electrons. The molecule has 118 valence electrons. The highest BCUT2D eigenvalue weighted by Gasteiger charge is 2.60. The van der Waals surface area contributed by atoms with E-state index in [0.717, 1.165) is 0 Å². The normalized spacial score (nSPS) is 33.3. The maximum Gasteiger partial charge on any atom is 0.304 e. The van der Waals surface area contributed by atoms with Gasteiger partial charge in [0.2, 0.25) is 0 Å². The third-order valence-corrected chi connectivity index (χ3v) is 6.29. The summed E-state index contributed by atoms with van der Waals surface area (Å²) in [6.07, 6.45) is 2.96. The number of fused-ring (bicyclic) bond motifs is 1. The minimum atomic E-state index is -1.65. The maximum atomic E-state index is 12.7. The molecule has 0 aromatic heterocycles. The van der Waals surface area contributed by atoms with Gasteiger partial charge in [-0.15, -0.1) is 0 Å². The first-order valence-electron chi connectivity index (χ1n) is 6.64. The zero-order chi connectivity index (χ0) is 16.1. The number of carbonyl (C=O) groups is 1. The van der Waals surface area contributed by atoms with Gasteiger partial charge < -0.3 is 20.0 Å². The Morgan fingerprint density at radius 1 is 1.36 bits per heavy atom. The molecule has 6 nitrogen and oxygen atoms in total. The number of nitrogens with zero attached hydrogens (tertiary/aromatic N) is 2. The fourth-order valence-corrected chi connectivity index (χ4v) is 5.13. The van der Waals surface area contributed by atoms with Crippen molar-refractivity contribution in [2.75, 3.05) is 7.05 Å². The number of hydrogen-bond donors (Lipinski definition) is 2. The van der Waals surface area contributed by atoms with Gasteiger partial charge in [0.15, 0.2) is 11.2 Å². The lowest BCUT2D eigenvalue weighted by Crippen LogP contribution is -2.47. The van der Waals surface area contributed by atoms with E-state index in [1.807, 2.05) is 0 Å². The fraction of sp³-hybridized carbons (Fsp3) is 0.357. The molecule has 4 unspecified atom stereocenters. The lowest BCUT2D eigenvalue weighted by atomic mass is 9.96. The highest BCUT2D eigenvalue weighted by Crippen LogP contribution is 2.46. The van der Waals surface area contributed by atoms with E-state index in [0.29, 0.717) is 10.6 Å². The summed E-state index contributed by atoms with van der Waals surface area (Å²) >= 11 is 5.88. The van der Waals surface area contributed by atoms with Crippen LogP contribution in [0.2, 0.25) is 5.02 Å². The van der Waals surface area contributed by atoms with E-state index in [9.17, 15) is 14.1 Å². The van der Waals surface area contributed by atoms with Gasteiger partial charge in [-0.05, 0) is 12.1 Å². The van der Waals surface area contributed by atoms with Crippen LogP contribution in [0.15, 0.2) is 36.7 Å². The van der Waals surface area contributed by atoms with Crippen molar-refractivity contribution in [3.05, 3.63) is 47.3 Å². The molecule has 0 aliphatic carbocycles. The molecule has 0 amide bonds. The largest absolute Gasteiger partial charge is 0.481 e. The van der Waals surface area contributed by atoms with E-state index < -0.39 is 33.2 Å². The Hall–Kier alpha value is -1.57. The first-order chi connectivity index (χ1) is 10.4. The van der Waals surface area contributed by atoms with E-state index in [-0.39, 0.29) is 6.42 Å². The second-order valence-electron chi connectivity index (χ2n) is 5.35. The molecule has 0 saturated carbocycles. The van der Waals surface area contributed by atoms with Gasteiger partial charge in [-0.2, -0.15) is 0 Å². The Balaban J connectivity index is 2.11. The molecular formula is C14H15ClN2O4S. The van der Waals surface area contributed by atoms with Gasteiger partial charge in [0, 0.05) is 30.0 Å². The van der Waals surface area contributed by atoms with Crippen LogP contribution in [-0.2, 0) is 21.3 Å². The number of carboxylic acid groups (broad SMARTS) is 1. The minimum Gasteiger partial charge on any atom is -0.481 e. The molecular weight excluding hydrogens is 328 g/mol. The lowest BCUT2D eigenvalue weighted by molar-refractivity contribution is -0.141. The Bertz CT molecular complexity index is 665. The molecule has 2 aliphatic rings. The van der Waals surface area contributed by atoms with E-state index in [1.165, 1.54) is 0 Å².